The second-order valence-corrected chi connectivity index (χ2v) is 5.09. The molecule has 0 aromatic carbocycles. The van der Waals surface area contributed by atoms with Gasteiger partial charge in [-0.3, -0.25) is 4.79 Å². The fourth-order valence-corrected chi connectivity index (χ4v) is 0.984. The van der Waals surface area contributed by atoms with E-state index in [-0.39, 0.29) is 5.78 Å². The van der Waals surface area contributed by atoms with Gasteiger partial charge in [0.15, 0.2) is 5.78 Å². The molecule has 0 aromatic rings. The average Bonchev–Trinajstić information content (AvgIpc) is 1.61. The summed E-state index contributed by atoms with van der Waals surface area (Å²) in [7, 11) is -0.628. The number of carbonyl (C=O) groups is 1. The van der Waals surface area contributed by atoms with Crippen LogP contribution in [0.1, 0.15) is 6.92 Å². The van der Waals surface area contributed by atoms with Gasteiger partial charge in [0.05, 0.1) is 8.80 Å². The van der Waals surface area contributed by atoms with Gasteiger partial charge in [0.1, 0.15) is 0 Å². The van der Waals surface area contributed by atoms with E-state index in [0.717, 1.165) is 0 Å². The first kappa shape index (κ1) is 7.63. The largest absolute Gasteiger partial charge is 0.295 e. The van der Waals surface area contributed by atoms with Crippen molar-refractivity contribution in [2.45, 2.75) is 20.0 Å². The smallest absolute Gasteiger partial charge is 0.151 e. The first-order valence-electron chi connectivity index (χ1n) is 2.81. The minimum Gasteiger partial charge on any atom is -0.295 e. The molecule has 0 aliphatic rings. The second kappa shape index (κ2) is 3.61. The zero-order valence-corrected chi connectivity index (χ0v) is 6.79. The molecule has 0 saturated carbocycles. The Morgan fingerprint density at radius 3 is 2.12 bits per heavy atom. The Morgan fingerprint density at radius 1 is 1.50 bits per heavy atom. The number of carbonyl (C=O) groups excluding carboxylic acids is 1. The molecule has 0 aliphatic heterocycles. The van der Waals surface area contributed by atoms with E-state index in [0.29, 0.717) is 0 Å². The van der Waals surface area contributed by atoms with Crippen molar-refractivity contribution in [1.29, 1.82) is 0 Å². The van der Waals surface area contributed by atoms with Crippen LogP contribution in [0.15, 0.2) is 11.8 Å². The van der Waals surface area contributed by atoms with Gasteiger partial charge >= 0.3 is 0 Å². The topological polar surface area (TPSA) is 17.1 Å². The van der Waals surface area contributed by atoms with Crippen molar-refractivity contribution in [2.24, 2.45) is 0 Å². The first-order valence-corrected chi connectivity index (χ1v) is 5.79. The van der Waals surface area contributed by atoms with Crippen molar-refractivity contribution in [3.63, 3.8) is 0 Å². The minimum absolute atomic E-state index is 0.159. The Kier molecular flexibility index (Phi) is 3.44. The molecule has 0 fully saturated rings. The summed E-state index contributed by atoms with van der Waals surface area (Å²) in [5.41, 5.74) is 2.03. The van der Waals surface area contributed by atoms with E-state index >= 15 is 0 Å². The summed E-state index contributed by atoms with van der Waals surface area (Å²) in [5.74, 6) is 0.159. The lowest BCUT2D eigenvalue weighted by molar-refractivity contribution is -0.112. The van der Waals surface area contributed by atoms with Crippen LogP contribution in [-0.2, 0) is 4.79 Å². The van der Waals surface area contributed by atoms with Gasteiger partial charge < -0.3 is 0 Å². The molecule has 0 saturated heterocycles. The number of allylic oxidation sites excluding steroid dienone is 1. The van der Waals surface area contributed by atoms with E-state index in [9.17, 15) is 4.79 Å². The Morgan fingerprint density at radius 2 is 2.00 bits per heavy atom. The fourth-order valence-electron chi connectivity index (χ4n) is 0.328. The summed E-state index contributed by atoms with van der Waals surface area (Å²) in [5, 5.41) is 0. The predicted molar refractivity (Wildman–Crippen MR) is 38.7 cm³/mol. The molecule has 2 heteroatoms. The van der Waals surface area contributed by atoms with Crippen LogP contribution < -0.4 is 0 Å². The van der Waals surface area contributed by atoms with E-state index < -0.39 is 8.80 Å². The molecular weight excluding hydrogens is 116 g/mol. The zero-order chi connectivity index (χ0) is 6.57. The number of hydrogen-bond acceptors (Lipinski definition) is 1. The normalized spacial score (nSPS) is 11.0. The lowest BCUT2D eigenvalue weighted by atomic mass is 10.5. The highest BCUT2D eigenvalue weighted by Crippen LogP contribution is 1.82. The third-order valence-corrected chi connectivity index (χ3v) is 1.68. The van der Waals surface area contributed by atoms with Gasteiger partial charge in [0, 0.05) is 0 Å². The van der Waals surface area contributed by atoms with E-state index in [1.165, 1.54) is 0 Å². The average molecular weight is 128 g/mol. The van der Waals surface area contributed by atoms with Crippen LogP contribution in [0.25, 0.3) is 0 Å². The summed E-state index contributed by atoms with van der Waals surface area (Å²) < 4.78 is 0. The predicted octanol–water partition coefficient (Wildman–Crippen LogP) is 1.16. The van der Waals surface area contributed by atoms with Crippen molar-refractivity contribution in [1.82, 2.24) is 0 Å². The molecular formula is C6H12OSi. The van der Waals surface area contributed by atoms with Gasteiger partial charge in [-0.1, -0.05) is 18.8 Å². The Balaban J connectivity index is 3.50. The Labute approximate surface area is 52.0 Å². The maximum atomic E-state index is 10.3. The van der Waals surface area contributed by atoms with Gasteiger partial charge in [-0.25, -0.2) is 0 Å². The summed E-state index contributed by atoms with van der Waals surface area (Å²) in [6.07, 6.45) is 1.66. The molecule has 0 atom stereocenters. The third kappa shape index (κ3) is 5.63. The van der Waals surface area contributed by atoms with Crippen LogP contribution in [0.5, 0.6) is 0 Å². The summed E-state index contributed by atoms with van der Waals surface area (Å²) in [4.78, 5) is 10.3. The highest BCUT2D eigenvalue weighted by molar-refractivity contribution is 6.61. The van der Waals surface area contributed by atoms with Crippen molar-refractivity contribution >= 4 is 14.6 Å². The van der Waals surface area contributed by atoms with Crippen molar-refractivity contribution in [3.05, 3.63) is 11.8 Å². The fraction of sp³-hybridized carbons (Fsp3) is 0.500. The molecule has 0 rings (SSSR count). The van der Waals surface area contributed by atoms with Crippen molar-refractivity contribution < 1.29 is 4.79 Å². The van der Waals surface area contributed by atoms with Gasteiger partial charge in [-0.05, 0) is 13.0 Å². The molecule has 0 aliphatic carbocycles. The minimum atomic E-state index is -0.628. The van der Waals surface area contributed by atoms with E-state index in [1.807, 2.05) is 5.70 Å². The van der Waals surface area contributed by atoms with Gasteiger partial charge in [0.2, 0.25) is 0 Å². The molecule has 0 bridgehead atoms. The summed E-state index contributed by atoms with van der Waals surface area (Å²) in [6, 6.07) is 0. The highest BCUT2D eigenvalue weighted by atomic mass is 28.3. The molecule has 0 spiro atoms. The molecule has 0 aromatic heterocycles. The van der Waals surface area contributed by atoms with Crippen LogP contribution in [-0.4, -0.2) is 14.6 Å². The molecule has 0 unspecified atom stereocenters. The first-order chi connectivity index (χ1) is 3.63. The maximum Gasteiger partial charge on any atom is 0.151 e. The van der Waals surface area contributed by atoms with Crippen molar-refractivity contribution in [2.75, 3.05) is 0 Å². The Bertz CT molecular complexity index is 105. The van der Waals surface area contributed by atoms with E-state index in [1.54, 1.807) is 13.0 Å². The number of ketones is 1. The lowest BCUT2D eigenvalue weighted by Crippen LogP contribution is -1.94. The monoisotopic (exact) mass is 128 g/mol. The molecule has 0 amide bonds. The quantitative estimate of drug-likeness (QED) is 0.403. The molecule has 8 heavy (non-hydrogen) atoms. The second-order valence-electron chi connectivity index (χ2n) is 2.21. The molecule has 46 valence electrons. The molecule has 0 N–H and O–H groups in total. The highest BCUT2D eigenvalue weighted by Gasteiger charge is 1.86. The summed E-state index contributed by atoms with van der Waals surface area (Å²) in [6.45, 7) is 5.94. The van der Waals surface area contributed by atoms with Crippen LogP contribution >= 0.6 is 0 Å². The zero-order valence-electron chi connectivity index (χ0n) is 5.64. The van der Waals surface area contributed by atoms with Crippen molar-refractivity contribution in [3.8, 4) is 0 Å². The van der Waals surface area contributed by atoms with Gasteiger partial charge in [-0.2, -0.15) is 0 Å². The summed E-state index contributed by atoms with van der Waals surface area (Å²) >= 11 is 0. The van der Waals surface area contributed by atoms with E-state index in [4.69, 9.17) is 0 Å². The van der Waals surface area contributed by atoms with Crippen LogP contribution in [0.3, 0.4) is 0 Å². The molecule has 0 heterocycles. The van der Waals surface area contributed by atoms with Gasteiger partial charge in [0.25, 0.3) is 0 Å². The number of rotatable bonds is 2. The molecule has 0 radical (unpaired) electrons. The van der Waals surface area contributed by atoms with Gasteiger partial charge in [-0.15, -0.1) is 0 Å². The van der Waals surface area contributed by atoms with Crippen LogP contribution in [0, 0.1) is 0 Å². The standard InChI is InChI=1S/C6H12OSi/c1-6(7)4-5-8(2)3/h4-5,8H,1-3H3. The lowest BCUT2D eigenvalue weighted by Gasteiger charge is -1.86. The molecule has 1 nitrogen and oxygen atoms in total. The van der Waals surface area contributed by atoms with Crippen LogP contribution in [0.4, 0.5) is 0 Å². The maximum absolute atomic E-state index is 10.3. The van der Waals surface area contributed by atoms with E-state index in [2.05, 4.69) is 13.1 Å². The van der Waals surface area contributed by atoms with Crippen LogP contribution in [0.2, 0.25) is 13.1 Å². The Hall–Kier alpha value is -0.373. The third-order valence-electron chi connectivity index (χ3n) is 0.716. The number of hydrogen-bond donors (Lipinski definition) is 0. The SMILES string of the molecule is CC(=O)C=C[SiH](C)C.